The van der Waals surface area contributed by atoms with Crippen LogP contribution >= 0.6 is 41.0 Å². The molecule has 1 unspecified atom stereocenters. The molecule has 0 saturated heterocycles. The SMILES string of the molecule is CCC1(C(=O)N2CCc3c2cc(OC(=O)N(C)CCSSc2ccccn2)c2ccccc32)CC(C)(C(=O)N2CC(CCl)c3c2cc(OP(=O)(O)O)c2ccccc32)C1. The van der Waals surface area contributed by atoms with Crippen LogP contribution in [0.1, 0.15) is 50.2 Å². The minimum Gasteiger partial charge on any atom is -0.409 e. The summed E-state index contributed by atoms with van der Waals surface area (Å²) in [4.78, 5) is 71.6. The number of aromatic nitrogens is 1. The van der Waals surface area contributed by atoms with Gasteiger partial charge in [0.25, 0.3) is 0 Å². The van der Waals surface area contributed by atoms with Gasteiger partial charge in [0.2, 0.25) is 11.8 Å². The largest absolute Gasteiger partial charge is 0.524 e. The summed E-state index contributed by atoms with van der Waals surface area (Å²) in [7, 11) is -0.0669. The fourth-order valence-electron chi connectivity index (χ4n) is 9.16. The highest BCUT2D eigenvalue weighted by Crippen LogP contribution is 2.60. The number of pyridine rings is 1. The summed E-state index contributed by atoms with van der Waals surface area (Å²) < 4.78 is 23.2. The van der Waals surface area contributed by atoms with Gasteiger partial charge < -0.3 is 24.0 Å². The highest BCUT2D eigenvalue weighted by Gasteiger charge is 2.61. The van der Waals surface area contributed by atoms with Crippen molar-refractivity contribution in [2.45, 2.75) is 50.5 Å². The maximum absolute atomic E-state index is 14.8. The fraction of sp³-hybridized carbons (Fsp3) is 0.349. The second-order valence-corrected chi connectivity index (χ2v) is 19.6. The number of benzene rings is 4. The monoisotopic (exact) mass is 874 g/mol. The zero-order chi connectivity index (χ0) is 41.7. The summed E-state index contributed by atoms with van der Waals surface area (Å²) in [5.74, 6) is 0.780. The van der Waals surface area contributed by atoms with E-state index in [1.165, 1.54) is 11.0 Å². The van der Waals surface area contributed by atoms with Crippen LogP contribution in [0, 0.1) is 10.8 Å². The van der Waals surface area contributed by atoms with Gasteiger partial charge in [0.1, 0.15) is 16.5 Å². The number of rotatable bonds is 12. The molecule has 1 aromatic heterocycles. The Morgan fingerprint density at radius 3 is 2.25 bits per heavy atom. The first kappa shape index (κ1) is 41.4. The van der Waals surface area contributed by atoms with Gasteiger partial charge in [-0.05, 0) is 70.5 Å². The molecular weight excluding hydrogens is 831 g/mol. The maximum atomic E-state index is 14.8. The van der Waals surface area contributed by atoms with Gasteiger partial charge in [-0.25, -0.2) is 14.3 Å². The second-order valence-electron chi connectivity index (χ2n) is 15.7. The lowest BCUT2D eigenvalue weighted by atomic mass is 9.51. The summed E-state index contributed by atoms with van der Waals surface area (Å²) >= 11 is 6.50. The van der Waals surface area contributed by atoms with Crippen LogP contribution in [0.15, 0.2) is 90.1 Å². The molecule has 5 aromatic rings. The minimum absolute atomic E-state index is 0.0239. The van der Waals surface area contributed by atoms with Gasteiger partial charge in [-0.1, -0.05) is 79.2 Å². The lowest BCUT2D eigenvalue weighted by Gasteiger charge is -2.54. The summed E-state index contributed by atoms with van der Waals surface area (Å²) in [6.07, 6.45) is 3.02. The van der Waals surface area contributed by atoms with E-state index in [1.807, 2.05) is 68.4 Å². The van der Waals surface area contributed by atoms with Crippen LogP contribution in [0.25, 0.3) is 21.5 Å². The maximum Gasteiger partial charge on any atom is 0.524 e. The molecule has 3 heterocycles. The number of hydrogen-bond acceptors (Lipinski definition) is 9. The van der Waals surface area contributed by atoms with Crippen molar-refractivity contribution < 1.29 is 38.0 Å². The molecule has 2 aliphatic heterocycles. The third kappa shape index (κ3) is 7.79. The molecular formula is C43H44ClN4O8PS2. The predicted octanol–water partition coefficient (Wildman–Crippen LogP) is 9.19. The van der Waals surface area contributed by atoms with Crippen LogP contribution in [0.3, 0.4) is 0 Å². The number of hydrogen-bond donors (Lipinski definition) is 2. The van der Waals surface area contributed by atoms with Crippen molar-refractivity contribution in [2.24, 2.45) is 10.8 Å². The van der Waals surface area contributed by atoms with E-state index in [0.29, 0.717) is 72.4 Å². The van der Waals surface area contributed by atoms with Crippen molar-refractivity contribution in [3.8, 4) is 11.5 Å². The van der Waals surface area contributed by atoms with Crippen LogP contribution in [-0.4, -0.2) is 75.9 Å². The van der Waals surface area contributed by atoms with Gasteiger partial charge in [0, 0.05) is 78.7 Å². The lowest BCUT2D eigenvalue weighted by molar-refractivity contribution is -0.153. The Bertz CT molecular complexity index is 2520. The topological polar surface area (TPSA) is 150 Å². The van der Waals surface area contributed by atoms with E-state index in [9.17, 15) is 28.7 Å². The first-order valence-corrected chi connectivity index (χ1v) is 23.8. The van der Waals surface area contributed by atoms with Crippen LogP contribution in [0.2, 0.25) is 0 Å². The van der Waals surface area contributed by atoms with Gasteiger partial charge in [0.05, 0.1) is 16.8 Å². The molecule has 1 aliphatic carbocycles. The summed E-state index contributed by atoms with van der Waals surface area (Å²) in [6, 6.07) is 24.0. The highest BCUT2D eigenvalue weighted by molar-refractivity contribution is 8.76. The van der Waals surface area contributed by atoms with E-state index >= 15 is 0 Å². The Balaban J connectivity index is 1.02. The van der Waals surface area contributed by atoms with Crippen molar-refractivity contribution in [3.63, 3.8) is 0 Å². The number of phosphoric acid groups is 1. The van der Waals surface area contributed by atoms with E-state index in [1.54, 1.807) is 62.8 Å². The van der Waals surface area contributed by atoms with E-state index in [-0.39, 0.29) is 35.9 Å². The molecule has 3 amide bonds. The molecule has 8 rings (SSSR count). The molecule has 12 nitrogen and oxygen atoms in total. The van der Waals surface area contributed by atoms with Crippen molar-refractivity contribution in [3.05, 3.63) is 96.2 Å². The number of amides is 3. The number of carbonyl (C=O) groups excluding carboxylic acids is 3. The molecule has 4 aromatic carbocycles. The Hall–Kier alpha value is -4.30. The number of alkyl halides is 1. The van der Waals surface area contributed by atoms with E-state index in [0.717, 1.165) is 26.9 Å². The molecule has 1 saturated carbocycles. The van der Waals surface area contributed by atoms with Crippen molar-refractivity contribution >= 4 is 91.8 Å². The molecule has 16 heteroatoms. The average Bonchev–Trinajstić information content (AvgIpc) is 3.82. The van der Waals surface area contributed by atoms with Crippen LogP contribution in [-0.2, 0) is 20.6 Å². The van der Waals surface area contributed by atoms with Crippen molar-refractivity contribution in [1.82, 2.24) is 9.88 Å². The highest BCUT2D eigenvalue weighted by atomic mass is 35.5. The smallest absolute Gasteiger partial charge is 0.409 e. The second kappa shape index (κ2) is 16.3. The number of ether oxygens (including phenoxy) is 1. The standard InChI is InChI=1S/C43H44ClN4O8PS2/c1-4-43(25-42(2,26-43)39(49)48-24-27(23-44)38-32-14-8-7-13-31(32)36(22-34(38)48)56-57(52,53)54)40(50)47-18-16-29-28-11-5-6-12-30(28)35(21-33(29)47)55-41(51)46(3)19-20-58-59-37-15-9-10-17-45-37/h5-15,17,21-22,27H,4,16,18-20,23-26H2,1-3H3,(H2,52,53,54). The van der Waals surface area contributed by atoms with Gasteiger partial charge in [0.15, 0.2) is 0 Å². The molecule has 0 bridgehead atoms. The van der Waals surface area contributed by atoms with Gasteiger partial charge in [-0.15, -0.1) is 11.6 Å². The fourth-order valence-corrected chi connectivity index (χ4v) is 11.7. The Labute approximate surface area is 355 Å². The van der Waals surface area contributed by atoms with Gasteiger partial charge >= 0.3 is 13.9 Å². The van der Waals surface area contributed by atoms with E-state index in [4.69, 9.17) is 20.9 Å². The molecule has 59 heavy (non-hydrogen) atoms. The summed E-state index contributed by atoms with van der Waals surface area (Å²) in [6.45, 7) is 5.06. The molecule has 308 valence electrons. The average molecular weight is 875 g/mol. The lowest BCUT2D eigenvalue weighted by Crippen LogP contribution is -2.60. The zero-order valence-electron chi connectivity index (χ0n) is 32.8. The van der Waals surface area contributed by atoms with Gasteiger partial charge in [-0.3, -0.25) is 19.4 Å². The number of halogens is 1. The number of anilines is 2. The number of fused-ring (bicyclic) bond motifs is 6. The van der Waals surface area contributed by atoms with Crippen LogP contribution in [0.4, 0.5) is 16.2 Å². The molecule has 0 spiro atoms. The summed E-state index contributed by atoms with van der Waals surface area (Å²) in [5.41, 5.74) is 1.33. The van der Waals surface area contributed by atoms with Crippen molar-refractivity contribution in [2.75, 3.05) is 48.1 Å². The number of nitrogens with zero attached hydrogens (tertiary/aromatic N) is 4. The van der Waals surface area contributed by atoms with E-state index in [2.05, 4.69) is 4.98 Å². The number of carbonyl (C=O) groups is 3. The first-order valence-electron chi connectivity index (χ1n) is 19.4. The predicted molar refractivity (Wildman–Crippen MR) is 234 cm³/mol. The molecule has 2 N–H and O–H groups in total. The van der Waals surface area contributed by atoms with Crippen LogP contribution < -0.4 is 19.1 Å². The molecule has 1 fully saturated rings. The van der Waals surface area contributed by atoms with Gasteiger partial charge in [-0.2, -0.15) is 0 Å². The molecule has 1 atom stereocenters. The van der Waals surface area contributed by atoms with E-state index < -0.39 is 24.7 Å². The normalized spacial score (nSPS) is 20.9. The van der Waals surface area contributed by atoms with Crippen molar-refractivity contribution in [1.29, 1.82) is 0 Å². The van der Waals surface area contributed by atoms with Crippen LogP contribution in [0.5, 0.6) is 11.5 Å². The third-order valence-electron chi connectivity index (χ3n) is 11.9. The zero-order valence-corrected chi connectivity index (χ0v) is 36.1. The minimum atomic E-state index is -4.92. The first-order chi connectivity index (χ1) is 28.3. The molecule has 0 radical (unpaired) electrons. The summed E-state index contributed by atoms with van der Waals surface area (Å²) in [5, 5.41) is 3.83. The third-order valence-corrected chi connectivity index (χ3v) is 15.0. The quantitative estimate of drug-likeness (QED) is 0.0535. The Morgan fingerprint density at radius 1 is 0.932 bits per heavy atom. The Morgan fingerprint density at radius 2 is 1.59 bits per heavy atom. The number of phosphoric ester groups is 1. The molecule has 3 aliphatic rings. The Kier molecular flexibility index (Phi) is 11.4.